The van der Waals surface area contributed by atoms with Gasteiger partial charge < -0.3 is 5.32 Å². The standard InChI is InChI=1S/C17H15FN4O3/c1-9-4-5-10(18)8-13(9)20-15(23)12-7-6-11-14(19-12)21(2)17(25)22(3)16(11)24/h4-8H,1-3H3,(H,20,23). The highest BCUT2D eigenvalue weighted by atomic mass is 19.1. The predicted molar refractivity (Wildman–Crippen MR) is 91.3 cm³/mol. The quantitative estimate of drug-likeness (QED) is 0.761. The zero-order valence-electron chi connectivity index (χ0n) is 13.8. The van der Waals surface area contributed by atoms with Crippen LogP contribution in [0.15, 0.2) is 39.9 Å². The third kappa shape index (κ3) is 2.82. The molecule has 0 aliphatic carbocycles. The number of nitrogens with zero attached hydrogens (tertiary/aromatic N) is 3. The number of pyridine rings is 1. The molecule has 1 aromatic carbocycles. The zero-order valence-corrected chi connectivity index (χ0v) is 13.8. The molecule has 1 N–H and O–H groups in total. The van der Waals surface area contributed by atoms with Crippen LogP contribution in [0.1, 0.15) is 16.1 Å². The number of hydrogen-bond acceptors (Lipinski definition) is 4. The first-order chi connectivity index (χ1) is 11.8. The Labute approximate surface area is 141 Å². The average Bonchev–Trinajstić information content (AvgIpc) is 2.60. The van der Waals surface area contributed by atoms with E-state index in [2.05, 4.69) is 10.3 Å². The smallest absolute Gasteiger partial charge is 0.320 e. The Kier molecular flexibility index (Phi) is 3.96. The molecule has 0 saturated heterocycles. The van der Waals surface area contributed by atoms with Crippen LogP contribution in [0.25, 0.3) is 11.0 Å². The van der Waals surface area contributed by atoms with Gasteiger partial charge >= 0.3 is 5.69 Å². The number of anilines is 1. The zero-order chi connectivity index (χ0) is 18.3. The van der Waals surface area contributed by atoms with Crippen molar-refractivity contribution in [3.05, 3.63) is 68.2 Å². The Morgan fingerprint density at radius 3 is 2.56 bits per heavy atom. The summed E-state index contributed by atoms with van der Waals surface area (Å²) in [6.07, 6.45) is 0. The van der Waals surface area contributed by atoms with Gasteiger partial charge in [0.1, 0.15) is 17.2 Å². The van der Waals surface area contributed by atoms with Crippen LogP contribution in [0, 0.1) is 12.7 Å². The van der Waals surface area contributed by atoms with Crippen molar-refractivity contribution in [1.29, 1.82) is 0 Å². The first-order valence-electron chi connectivity index (χ1n) is 7.44. The first-order valence-corrected chi connectivity index (χ1v) is 7.44. The van der Waals surface area contributed by atoms with Crippen molar-refractivity contribution in [2.75, 3.05) is 5.32 Å². The average molecular weight is 342 g/mol. The Morgan fingerprint density at radius 1 is 1.12 bits per heavy atom. The predicted octanol–water partition coefficient (Wildman–Crippen LogP) is 1.33. The number of benzene rings is 1. The topological polar surface area (TPSA) is 86.0 Å². The maximum absolute atomic E-state index is 13.3. The number of carbonyl (C=O) groups is 1. The fourth-order valence-corrected chi connectivity index (χ4v) is 2.50. The van der Waals surface area contributed by atoms with Crippen LogP contribution in [0.4, 0.5) is 10.1 Å². The molecule has 128 valence electrons. The molecule has 0 saturated carbocycles. The van der Waals surface area contributed by atoms with Crippen LogP contribution in [0.5, 0.6) is 0 Å². The van der Waals surface area contributed by atoms with Crippen molar-refractivity contribution >= 4 is 22.6 Å². The molecule has 0 radical (unpaired) electrons. The van der Waals surface area contributed by atoms with E-state index in [1.54, 1.807) is 13.0 Å². The number of aryl methyl sites for hydroxylation is 2. The number of carbonyl (C=O) groups excluding carboxylic acids is 1. The Balaban J connectivity index is 2.07. The van der Waals surface area contributed by atoms with Gasteiger partial charge in [-0.05, 0) is 36.8 Å². The van der Waals surface area contributed by atoms with Gasteiger partial charge in [0.25, 0.3) is 11.5 Å². The Morgan fingerprint density at radius 2 is 1.84 bits per heavy atom. The van der Waals surface area contributed by atoms with Crippen LogP contribution in [0.3, 0.4) is 0 Å². The molecule has 2 heterocycles. The van der Waals surface area contributed by atoms with Gasteiger partial charge in [0.2, 0.25) is 0 Å². The molecular formula is C17H15FN4O3. The number of fused-ring (bicyclic) bond motifs is 1. The SMILES string of the molecule is Cc1ccc(F)cc1NC(=O)c1ccc2c(=O)n(C)c(=O)n(C)c2n1. The summed E-state index contributed by atoms with van der Waals surface area (Å²) >= 11 is 0. The largest absolute Gasteiger partial charge is 0.332 e. The summed E-state index contributed by atoms with van der Waals surface area (Å²) < 4.78 is 15.5. The van der Waals surface area contributed by atoms with Crippen LogP contribution in [-0.2, 0) is 14.1 Å². The Bertz CT molecular complexity index is 1130. The van der Waals surface area contributed by atoms with Gasteiger partial charge in [-0.1, -0.05) is 6.07 Å². The van der Waals surface area contributed by atoms with Crippen molar-refractivity contribution in [2.45, 2.75) is 6.92 Å². The number of nitrogens with one attached hydrogen (secondary N) is 1. The molecular weight excluding hydrogens is 327 g/mol. The highest BCUT2D eigenvalue weighted by Crippen LogP contribution is 2.17. The minimum atomic E-state index is -0.566. The van der Waals surface area contributed by atoms with Crippen molar-refractivity contribution in [1.82, 2.24) is 14.1 Å². The van der Waals surface area contributed by atoms with E-state index in [9.17, 15) is 18.8 Å². The lowest BCUT2D eigenvalue weighted by Gasteiger charge is -2.10. The summed E-state index contributed by atoms with van der Waals surface area (Å²) in [5.74, 6) is -1.04. The number of aromatic nitrogens is 3. The van der Waals surface area contributed by atoms with Crippen LogP contribution in [0.2, 0.25) is 0 Å². The van der Waals surface area contributed by atoms with Gasteiger partial charge in [-0.15, -0.1) is 0 Å². The molecule has 8 heteroatoms. The van der Waals surface area contributed by atoms with E-state index in [4.69, 9.17) is 0 Å². The number of halogens is 1. The summed E-state index contributed by atoms with van der Waals surface area (Å²) in [6.45, 7) is 1.73. The first kappa shape index (κ1) is 16.6. The van der Waals surface area contributed by atoms with E-state index in [0.717, 1.165) is 4.57 Å². The van der Waals surface area contributed by atoms with Crippen LogP contribution >= 0.6 is 0 Å². The molecule has 3 aromatic rings. The second-order valence-electron chi connectivity index (χ2n) is 5.69. The monoisotopic (exact) mass is 342 g/mol. The fraction of sp³-hybridized carbons (Fsp3) is 0.176. The van der Waals surface area contributed by atoms with Crippen LogP contribution in [-0.4, -0.2) is 20.0 Å². The van der Waals surface area contributed by atoms with Crippen molar-refractivity contribution < 1.29 is 9.18 Å². The molecule has 0 bridgehead atoms. The number of amides is 1. The molecule has 0 fully saturated rings. The fourth-order valence-electron chi connectivity index (χ4n) is 2.50. The van der Waals surface area contributed by atoms with Gasteiger partial charge in [0, 0.05) is 19.8 Å². The van der Waals surface area contributed by atoms with E-state index >= 15 is 0 Å². The third-order valence-electron chi connectivity index (χ3n) is 3.98. The summed E-state index contributed by atoms with van der Waals surface area (Å²) in [7, 11) is 2.84. The summed E-state index contributed by atoms with van der Waals surface area (Å²) in [4.78, 5) is 40.7. The Hall–Kier alpha value is -3.29. The lowest BCUT2D eigenvalue weighted by atomic mass is 10.2. The molecule has 2 aromatic heterocycles. The lowest BCUT2D eigenvalue weighted by molar-refractivity contribution is 0.102. The van der Waals surface area contributed by atoms with E-state index in [-0.39, 0.29) is 16.7 Å². The van der Waals surface area contributed by atoms with E-state index in [0.29, 0.717) is 11.3 Å². The van der Waals surface area contributed by atoms with Crippen molar-refractivity contribution in [3.8, 4) is 0 Å². The lowest BCUT2D eigenvalue weighted by Crippen LogP contribution is -2.37. The number of hydrogen-bond donors (Lipinski definition) is 1. The highest BCUT2D eigenvalue weighted by molar-refractivity contribution is 6.04. The van der Waals surface area contributed by atoms with E-state index in [1.165, 1.54) is 42.9 Å². The highest BCUT2D eigenvalue weighted by Gasteiger charge is 2.14. The molecule has 0 spiro atoms. The van der Waals surface area contributed by atoms with E-state index in [1.807, 2.05) is 0 Å². The maximum Gasteiger partial charge on any atom is 0.332 e. The molecule has 7 nitrogen and oxygen atoms in total. The molecule has 25 heavy (non-hydrogen) atoms. The van der Waals surface area contributed by atoms with Crippen molar-refractivity contribution in [3.63, 3.8) is 0 Å². The molecule has 3 rings (SSSR count). The number of rotatable bonds is 2. The van der Waals surface area contributed by atoms with Crippen molar-refractivity contribution in [2.24, 2.45) is 14.1 Å². The molecule has 1 amide bonds. The molecule has 0 aliphatic heterocycles. The van der Waals surface area contributed by atoms with Gasteiger partial charge in [-0.25, -0.2) is 14.2 Å². The maximum atomic E-state index is 13.3. The van der Waals surface area contributed by atoms with Gasteiger partial charge in [-0.3, -0.25) is 18.7 Å². The third-order valence-corrected chi connectivity index (χ3v) is 3.98. The minimum Gasteiger partial charge on any atom is -0.320 e. The molecule has 0 atom stereocenters. The summed E-state index contributed by atoms with van der Waals surface area (Å²) in [5, 5.41) is 2.81. The minimum absolute atomic E-state index is 0.0133. The molecule has 0 unspecified atom stereocenters. The summed E-state index contributed by atoms with van der Waals surface area (Å²) in [5.41, 5.74) is 0.111. The second-order valence-corrected chi connectivity index (χ2v) is 5.69. The van der Waals surface area contributed by atoms with Gasteiger partial charge in [0.15, 0.2) is 0 Å². The summed E-state index contributed by atoms with van der Waals surface area (Å²) in [6, 6.07) is 6.88. The molecule has 0 aliphatic rings. The second kappa shape index (κ2) is 5.97. The van der Waals surface area contributed by atoms with Crippen LogP contribution < -0.4 is 16.6 Å². The van der Waals surface area contributed by atoms with Gasteiger partial charge in [-0.2, -0.15) is 0 Å². The van der Waals surface area contributed by atoms with Gasteiger partial charge in [0.05, 0.1) is 5.39 Å². The normalized spacial score (nSPS) is 10.9. The van der Waals surface area contributed by atoms with E-state index < -0.39 is 23.0 Å².